The molecular formula is C27H30F6N4O3. The number of halogens is 6. The van der Waals surface area contributed by atoms with Gasteiger partial charge in [0.15, 0.2) is 5.78 Å². The van der Waals surface area contributed by atoms with Crippen molar-refractivity contribution in [2.45, 2.75) is 63.1 Å². The largest absolute Gasteiger partial charge is 0.423 e. The molecule has 40 heavy (non-hydrogen) atoms. The number of carbonyl (C=O) groups is 1. The van der Waals surface area contributed by atoms with Crippen molar-refractivity contribution in [2.24, 2.45) is 0 Å². The third-order valence-corrected chi connectivity index (χ3v) is 7.69. The van der Waals surface area contributed by atoms with E-state index in [9.17, 15) is 41.3 Å². The lowest BCUT2D eigenvalue weighted by Crippen LogP contribution is -2.57. The van der Waals surface area contributed by atoms with Crippen LogP contribution in [0.4, 0.5) is 37.7 Å². The lowest BCUT2D eigenvalue weighted by atomic mass is 9.88. The Bertz CT molecular complexity index is 1200. The Labute approximate surface area is 227 Å². The van der Waals surface area contributed by atoms with Gasteiger partial charge < -0.3 is 5.32 Å². The van der Waals surface area contributed by atoms with Gasteiger partial charge in [-0.25, -0.2) is 0 Å². The van der Waals surface area contributed by atoms with Crippen molar-refractivity contribution in [1.82, 2.24) is 9.80 Å². The number of rotatable bonds is 7. The van der Waals surface area contributed by atoms with E-state index in [1.54, 1.807) is 0 Å². The second-order valence-electron chi connectivity index (χ2n) is 10.4. The monoisotopic (exact) mass is 572 g/mol. The van der Waals surface area contributed by atoms with Crippen LogP contribution in [0, 0.1) is 10.1 Å². The maximum atomic E-state index is 13.3. The number of piperidine rings is 2. The number of nitrogens with zero attached hydrogens (tertiary/aromatic N) is 3. The second-order valence-corrected chi connectivity index (χ2v) is 10.4. The molecule has 2 aromatic rings. The van der Waals surface area contributed by atoms with Crippen molar-refractivity contribution < 1.29 is 36.1 Å². The summed E-state index contributed by atoms with van der Waals surface area (Å²) in [6, 6.07) is 7.93. The summed E-state index contributed by atoms with van der Waals surface area (Å²) in [6.45, 7) is 3.79. The molecule has 0 saturated carbocycles. The first-order valence-corrected chi connectivity index (χ1v) is 13.0. The van der Waals surface area contributed by atoms with E-state index in [1.165, 1.54) is 25.1 Å². The topological polar surface area (TPSA) is 78.7 Å². The SMILES string of the molecule is CC(=O)C(N1CCC(Nc2ccc([N+](=O)[O-])c(C(F)(F)F)c2)CC1)N1CCC(c2ccc(C(F)(F)F)cc2)CC1. The van der Waals surface area contributed by atoms with Crippen molar-refractivity contribution in [3.63, 3.8) is 0 Å². The molecule has 2 fully saturated rings. The predicted molar refractivity (Wildman–Crippen MR) is 136 cm³/mol. The number of nitro benzene ring substituents is 1. The highest BCUT2D eigenvalue weighted by atomic mass is 19.4. The molecule has 2 aliphatic rings. The van der Waals surface area contributed by atoms with Crippen LogP contribution in [0.25, 0.3) is 0 Å². The average Bonchev–Trinajstić information content (AvgIpc) is 2.89. The van der Waals surface area contributed by atoms with E-state index in [4.69, 9.17) is 0 Å². The van der Waals surface area contributed by atoms with Crippen molar-refractivity contribution in [2.75, 3.05) is 31.5 Å². The van der Waals surface area contributed by atoms with Crippen molar-refractivity contribution in [3.8, 4) is 0 Å². The van der Waals surface area contributed by atoms with Gasteiger partial charge in [0.1, 0.15) is 11.7 Å². The minimum Gasteiger partial charge on any atom is -0.382 e. The Morgan fingerprint density at radius 3 is 1.93 bits per heavy atom. The van der Waals surface area contributed by atoms with Gasteiger partial charge in [-0.15, -0.1) is 0 Å². The normalized spacial score (nSPS) is 19.4. The third-order valence-electron chi connectivity index (χ3n) is 7.69. The van der Waals surface area contributed by atoms with Crippen molar-refractivity contribution >= 4 is 17.2 Å². The number of carbonyl (C=O) groups excluding carboxylic acids is 1. The summed E-state index contributed by atoms with van der Waals surface area (Å²) in [5.41, 5.74) is -2.00. The van der Waals surface area contributed by atoms with Crippen LogP contribution in [-0.2, 0) is 17.1 Å². The van der Waals surface area contributed by atoms with E-state index in [1.807, 2.05) is 0 Å². The number of benzene rings is 2. The smallest absolute Gasteiger partial charge is 0.382 e. The number of anilines is 1. The number of nitro groups is 1. The van der Waals surface area contributed by atoms with Crippen molar-refractivity contribution in [3.05, 3.63) is 69.3 Å². The fraction of sp³-hybridized carbons (Fsp3) is 0.519. The van der Waals surface area contributed by atoms with E-state index >= 15 is 0 Å². The molecule has 2 saturated heterocycles. The number of likely N-dealkylation sites (tertiary alicyclic amines) is 2. The van der Waals surface area contributed by atoms with E-state index in [0.717, 1.165) is 29.8 Å². The predicted octanol–water partition coefficient (Wildman–Crippen LogP) is 6.30. The molecule has 2 heterocycles. The summed E-state index contributed by atoms with van der Waals surface area (Å²) in [4.78, 5) is 26.7. The number of nitrogens with one attached hydrogen (secondary N) is 1. The van der Waals surface area contributed by atoms with Gasteiger partial charge in [0.2, 0.25) is 0 Å². The Hall–Kier alpha value is -3.19. The Morgan fingerprint density at radius 2 is 1.45 bits per heavy atom. The lowest BCUT2D eigenvalue weighted by molar-refractivity contribution is -0.388. The van der Waals surface area contributed by atoms with Crippen LogP contribution >= 0.6 is 0 Å². The van der Waals surface area contributed by atoms with Crippen LogP contribution < -0.4 is 5.32 Å². The molecular weight excluding hydrogens is 542 g/mol. The Morgan fingerprint density at radius 1 is 0.900 bits per heavy atom. The summed E-state index contributed by atoms with van der Waals surface area (Å²) >= 11 is 0. The molecule has 0 aliphatic carbocycles. The summed E-state index contributed by atoms with van der Waals surface area (Å²) in [5, 5.41) is 14.0. The van der Waals surface area contributed by atoms with Crippen LogP contribution in [0.1, 0.15) is 55.2 Å². The highest BCUT2D eigenvalue weighted by Gasteiger charge is 2.39. The highest BCUT2D eigenvalue weighted by Crippen LogP contribution is 2.38. The van der Waals surface area contributed by atoms with Crippen molar-refractivity contribution in [1.29, 1.82) is 0 Å². The molecule has 0 bridgehead atoms. The molecule has 1 atom stereocenters. The van der Waals surface area contributed by atoms with E-state index in [-0.39, 0.29) is 23.4 Å². The van der Waals surface area contributed by atoms with Gasteiger partial charge in [0.25, 0.3) is 5.69 Å². The molecule has 2 aliphatic heterocycles. The molecule has 4 rings (SSSR count). The summed E-state index contributed by atoms with van der Waals surface area (Å²) in [5.74, 6) is 0.0777. The first-order valence-electron chi connectivity index (χ1n) is 13.0. The molecule has 13 heteroatoms. The van der Waals surface area contributed by atoms with E-state index in [0.29, 0.717) is 51.9 Å². The van der Waals surface area contributed by atoms with Crippen LogP contribution in [0.5, 0.6) is 0 Å². The van der Waals surface area contributed by atoms with Gasteiger partial charge in [-0.1, -0.05) is 12.1 Å². The second kappa shape index (κ2) is 11.7. The third kappa shape index (κ3) is 6.92. The summed E-state index contributed by atoms with van der Waals surface area (Å²) in [7, 11) is 0. The highest BCUT2D eigenvalue weighted by molar-refractivity contribution is 5.81. The number of hydrogen-bond acceptors (Lipinski definition) is 6. The maximum Gasteiger partial charge on any atom is 0.423 e. The number of hydrogen-bond donors (Lipinski definition) is 1. The van der Waals surface area contributed by atoms with E-state index < -0.39 is 40.3 Å². The van der Waals surface area contributed by atoms with Crippen LogP contribution in [-0.4, -0.2) is 58.9 Å². The Kier molecular flexibility index (Phi) is 8.74. The molecule has 1 unspecified atom stereocenters. The first-order chi connectivity index (χ1) is 18.7. The Balaban J connectivity index is 1.34. The maximum absolute atomic E-state index is 13.3. The first kappa shape index (κ1) is 29.8. The molecule has 1 N–H and O–H groups in total. The zero-order valence-electron chi connectivity index (χ0n) is 21.8. The molecule has 7 nitrogen and oxygen atoms in total. The standard InChI is InChI=1S/C27H30F6N4O3/c1-17(38)25(35-12-8-19(9-13-35)18-2-4-20(5-3-18)26(28,29)30)36-14-10-21(11-15-36)34-22-6-7-24(37(39)40)23(16-22)27(31,32)33/h2-7,16,19,21,25,34H,8-15H2,1H3. The van der Waals surface area contributed by atoms with Gasteiger partial charge in [-0.2, -0.15) is 26.3 Å². The summed E-state index contributed by atoms with van der Waals surface area (Å²) in [6.07, 6.45) is -7.17. The van der Waals surface area contributed by atoms with Gasteiger partial charge in [0.05, 0.1) is 10.5 Å². The average molecular weight is 573 g/mol. The van der Waals surface area contributed by atoms with Gasteiger partial charge in [0, 0.05) is 44.0 Å². The number of ketones is 1. The van der Waals surface area contributed by atoms with Crippen LogP contribution in [0.15, 0.2) is 42.5 Å². The molecule has 218 valence electrons. The fourth-order valence-corrected chi connectivity index (χ4v) is 5.70. The molecule has 2 aromatic carbocycles. The molecule has 0 radical (unpaired) electrons. The number of Topliss-reactive ketones (excluding diaryl/α,β-unsaturated/α-hetero) is 1. The minimum atomic E-state index is -4.86. The van der Waals surface area contributed by atoms with Crippen LogP contribution in [0.3, 0.4) is 0 Å². The van der Waals surface area contributed by atoms with Crippen LogP contribution in [0.2, 0.25) is 0 Å². The zero-order chi connectivity index (χ0) is 29.2. The fourth-order valence-electron chi connectivity index (χ4n) is 5.70. The number of alkyl halides is 6. The minimum absolute atomic E-state index is 0.0235. The molecule has 0 spiro atoms. The van der Waals surface area contributed by atoms with Gasteiger partial charge in [-0.05, 0) is 68.4 Å². The van der Waals surface area contributed by atoms with Gasteiger partial charge >= 0.3 is 12.4 Å². The van der Waals surface area contributed by atoms with Gasteiger partial charge in [-0.3, -0.25) is 24.7 Å². The lowest BCUT2D eigenvalue weighted by Gasteiger charge is -2.44. The zero-order valence-corrected chi connectivity index (χ0v) is 21.8. The summed E-state index contributed by atoms with van der Waals surface area (Å²) < 4.78 is 78.6. The quantitative estimate of drug-likeness (QED) is 0.238. The molecule has 0 aromatic heterocycles. The molecule has 0 amide bonds. The van der Waals surface area contributed by atoms with E-state index in [2.05, 4.69) is 15.1 Å².